The highest BCUT2D eigenvalue weighted by Gasteiger charge is 2.40. The highest BCUT2D eigenvalue weighted by Crippen LogP contribution is 2.25. The maximum atomic E-state index is 13.7. The van der Waals surface area contributed by atoms with Gasteiger partial charge in [-0.3, -0.25) is 9.59 Å². The maximum absolute atomic E-state index is 13.7. The molecule has 0 saturated carbocycles. The topological polar surface area (TPSA) is 86.7 Å². The molecule has 130 valence electrons. The van der Waals surface area contributed by atoms with E-state index in [1.165, 1.54) is 0 Å². The van der Waals surface area contributed by atoms with E-state index in [-0.39, 0.29) is 11.3 Å². The molecule has 1 aliphatic heterocycles. The van der Waals surface area contributed by atoms with Gasteiger partial charge in [-0.25, -0.2) is 9.18 Å². The first kappa shape index (κ1) is 17.7. The number of carbonyl (C=O) groups is 3. The normalized spacial score (nSPS) is 17.9. The van der Waals surface area contributed by atoms with E-state index < -0.39 is 55.2 Å². The Bertz CT molecular complexity index is 690. The number of anilines is 1. The van der Waals surface area contributed by atoms with E-state index >= 15 is 0 Å². The van der Waals surface area contributed by atoms with Crippen LogP contribution in [0.2, 0.25) is 0 Å². The summed E-state index contributed by atoms with van der Waals surface area (Å²) in [4.78, 5) is 34.7. The zero-order chi connectivity index (χ0) is 18.1. The molecule has 1 atom stereocenters. The number of aromatic carboxylic acids is 1. The lowest BCUT2D eigenvalue weighted by Crippen LogP contribution is -2.36. The van der Waals surface area contributed by atoms with E-state index in [0.29, 0.717) is 11.0 Å². The first-order valence-electron chi connectivity index (χ1n) is 6.75. The highest BCUT2D eigenvalue weighted by atomic mass is 19.4. The average molecular weight is 348 g/mol. The molecule has 0 radical (unpaired) electrons. The Hall–Kier alpha value is -2.65. The average Bonchev–Trinajstić information content (AvgIpc) is 2.80. The first-order valence-corrected chi connectivity index (χ1v) is 6.75. The van der Waals surface area contributed by atoms with Gasteiger partial charge >= 0.3 is 12.1 Å². The Morgan fingerprint density at radius 2 is 2.00 bits per heavy atom. The second kappa shape index (κ2) is 6.46. The largest absolute Gasteiger partial charge is 0.478 e. The predicted molar refractivity (Wildman–Crippen MR) is 72.7 cm³/mol. The number of nitrogens with one attached hydrogen (secondary N) is 1. The Morgan fingerprint density at radius 1 is 1.33 bits per heavy atom. The summed E-state index contributed by atoms with van der Waals surface area (Å²) in [6, 6.07) is 2.80. The third-order valence-electron chi connectivity index (χ3n) is 3.43. The van der Waals surface area contributed by atoms with Gasteiger partial charge in [-0.15, -0.1) is 0 Å². The van der Waals surface area contributed by atoms with Crippen molar-refractivity contribution in [3.63, 3.8) is 0 Å². The van der Waals surface area contributed by atoms with Crippen molar-refractivity contribution in [1.29, 1.82) is 0 Å². The van der Waals surface area contributed by atoms with Gasteiger partial charge in [0.05, 0.1) is 17.2 Å². The van der Waals surface area contributed by atoms with E-state index in [2.05, 4.69) is 5.32 Å². The molecule has 2 N–H and O–H groups in total. The van der Waals surface area contributed by atoms with Crippen LogP contribution in [0.5, 0.6) is 0 Å². The minimum absolute atomic E-state index is 0.313. The smallest absolute Gasteiger partial charge is 0.406 e. The van der Waals surface area contributed by atoms with Crippen molar-refractivity contribution in [3.05, 3.63) is 29.6 Å². The van der Waals surface area contributed by atoms with Gasteiger partial charge in [0.25, 0.3) is 0 Å². The summed E-state index contributed by atoms with van der Waals surface area (Å²) < 4.78 is 50.7. The number of amides is 2. The molecule has 0 aliphatic carbocycles. The lowest BCUT2D eigenvalue weighted by atomic mass is 10.1. The third kappa shape index (κ3) is 4.21. The van der Waals surface area contributed by atoms with Gasteiger partial charge in [-0.2, -0.15) is 13.2 Å². The number of carboxylic acids is 1. The fourth-order valence-electron chi connectivity index (χ4n) is 2.30. The van der Waals surface area contributed by atoms with E-state index in [4.69, 9.17) is 5.11 Å². The number of nitrogens with zero attached hydrogens (tertiary/aromatic N) is 1. The summed E-state index contributed by atoms with van der Waals surface area (Å²) in [7, 11) is 0. The van der Waals surface area contributed by atoms with Crippen LogP contribution >= 0.6 is 0 Å². The van der Waals surface area contributed by atoms with Crippen LogP contribution in [0.25, 0.3) is 0 Å². The fourth-order valence-corrected chi connectivity index (χ4v) is 2.30. The summed E-state index contributed by atoms with van der Waals surface area (Å²) >= 11 is 0. The summed E-state index contributed by atoms with van der Waals surface area (Å²) in [6.07, 6.45) is -4.98. The predicted octanol–water partition coefficient (Wildman–Crippen LogP) is 1.87. The van der Waals surface area contributed by atoms with Crippen molar-refractivity contribution in [3.8, 4) is 0 Å². The minimum Gasteiger partial charge on any atom is -0.478 e. The second-order valence-corrected chi connectivity index (χ2v) is 5.28. The van der Waals surface area contributed by atoms with Gasteiger partial charge in [0.15, 0.2) is 0 Å². The standard InChI is InChI=1S/C14H12F4N2O4/c15-9-3-7(13(23)24)1-2-10(9)19-12(22)8-4-11(21)20(5-8)6-14(16,17)18/h1-3,8H,4-6H2,(H,19,22)(H,23,24). The Balaban J connectivity index is 2.03. The number of carbonyl (C=O) groups excluding carboxylic acids is 2. The molecule has 0 bridgehead atoms. The van der Waals surface area contributed by atoms with Crippen molar-refractivity contribution in [1.82, 2.24) is 4.90 Å². The van der Waals surface area contributed by atoms with Gasteiger partial charge in [-0.05, 0) is 18.2 Å². The van der Waals surface area contributed by atoms with E-state index in [1.54, 1.807) is 0 Å². The number of alkyl halides is 3. The summed E-state index contributed by atoms with van der Waals surface area (Å²) in [5.41, 5.74) is -0.635. The van der Waals surface area contributed by atoms with E-state index in [1.807, 2.05) is 0 Å². The van der Waals surface area contributed by atoms with Gasteiger partial charge in [-0.1, -0.05) is 0 Å². The maximum Gasteiger partial charge on any atom is 0.406 e. The number of halogens is 4. The van der Waals surface area contributed by atoms with Crippen LogP contribution in [0, 0.1) is 11.7 Å². The van der Waals surface area contributed by atoms with Crippen molar-refractivity contribution in [2.24, 2.45) is 5.92 Å². The molecule has 2 rings (SSSR count). The summed E-state index contributed by atoms with van der Waals surface area (Å²) in [5.74, 6) is -5.02. The minimum atomic E-state index is -4.57. The molecule has 0 aromatic heterocycles. The number of benzene rings is 1. The third-order valence-corrected chi connectivity index (χ3v) is 3.43. The Labute approximate surface area is 133 Å². The fraction of sp³-hybridized carbons (Fsp3) is 0.357. The van der Waals surface area contributed by atoms with Crippen LogP contribution in [0.4, 0.5) is 23.2 Å². The van der Waals surface area contributed by atoms with Crippen molar-refractivity contribution < 1.29 is 37.1 Å². The van der Waals surface area contributed by atoms with E-state index in [9.17, 15) is 31.9 Å². The Morgan fingerprint density at radius 3 is 2.54 bits per heavy atom. The van der Waals surface area contributed by atoms with Crippen LogP contribution in [-0.2, 0) is 9.59 Å². The number of likely N-dealkylation sites (tertiary alicyclic amines) is 1. The van der Waals surface area contributed by atoms with Crippen LogP contribution in [0.15, 0.2) is 18.2 Å². The summed E-state index contributed by atoms with van der Waals surface area (Å²) in [5, 5.41) is 10.9. The molecule has 1 unspecified atom stereocenters. The van der Waals surface area contributed by atoms with Crippen LogP contribution in [0.3, 0.4) is 0 Å². The molecule has 1 saturated heterocycles. The monoisotopic (exact) mass is 348 g/mol. The number of hydrogen-bond donors (Lipinski definition) is 2. The SMILES string of the molecule is O=C(O)c1ccc(NC(=O)C2CC(=O)N(CC(F)(F)F)C2)c(F)c1. The lowest BCUT2D eigenvalue weighted by Gasteiger charge is -2.18. The molecule has 1 heterocycles. The number of rotatable bonds is 4. The van der Waals surface area contributed by atoms with Crippen LogP contribution in [-0.4, -0.2) is 47.1 Å². The zero-order valence-electron chi connectivity index (χ0n) is 12.1. The molecular formula is C14H12F4N2O4. The van der Waals surface area contributed by atoms with Gasteiger partial charge in [0.2, 0.25) is 11.8 Å². The molecule has 6 nitrogen and oxygen atoms in total. The molecule has 10 heteroatoms. The molecular weight excluding hydrogens is 336 g/mol. The van der Waals surface area contributed by atoms with Gasteiger partial charge < -0.3 is 15.3 Å². The Kier molecular flexibility index (Phi) is 4.76. The van der Waals surface area contributed by atoms with Crippen molar-refractivity contribution in [2.45, 2.75) is 12.6 Å². The molecule has 24 heavy (non-hydrogen) atoms. The molecule has 1 fully saturated rings. The molecule has 0 spiro atoms. The van der Waals surface area contributed by atoms with Gasteiger partial charge in [0, 0.05) is 13.0 Å². The van der Waals surface area contributed by atoms with E-state index in [0.717, 1.165) is 12.1 Å². The van der Waals surface area contributed by atoms with Gasteiger partial charge in [0.1, 0.15) is 12.4 Å². The summed E-state index contributed by atoms with van der Waals surface area (Å²) in [6.45, 7) is -1.86. The quantitative estimate of drug-likeness (QED) is 0.814. The zero-order valence-corrected chi connectivity index (χ0v) is 12.1. The molecule has 2 amide bonds. The first-order chi connectivity index (χ1) is 11.1. The number of hydrogen-bond acceptors (Lipinski definition) is 3. The molecule has 1 aromatic carbocycles. The second-order valence-electron chi connectivity index (χ2n) is 5.28. The molecule has 1 aliphatic rings. The number of carboxylic acid groups (broad SMARTS) is 1. The lowest BCUT2D eigenvalue weighted by molar-refractivity contribution is -0.157. The van der Waals surface area contributed by atoms with Crippen molar-refractivity contribution in [2.75, 3.05) is 18.4 Å². The van der Waals surface area contributed by atoms with Crippen LogP contribution < -0.4 is 5.32 Å². The molecule has 1 aromatic rings. The highest BCUT2D eigenvalue weighted by molar-refractivity contribution is 5.97. The van der Waals surface area contributed by atoms with Crippen molar-refractivity contribution >= 4 is 23.5 Å². The van der Waals surface area contributed by atoms with Crippen LogP contribution in [0.1, 0.15) is 16.8 Å².